The number of aromatic nitrogens is 1. The lowest BCUT2D eigenvalue weighted by molar-refractivity contribution is 0.402. The van der Waals surface area contributed by atoms with E-state index in [2.05, 4.69) is 15.8 Å². The molecule has 0 bridgehead atoms. The molecule has 1 fully saturated rings. The van der Waals surface area contributed by atoms with Gasteiger partial charge >= 0.3 is 0 Å². The van der Waals surface area contributed by atoms with Crippen LogP contribution in [0.25, 0.3) is 0 Å². The van der Waals surface area contributed by atoms with Crippen LogP contribution < -0.4 is 10.1 Å². The highest BCUT2D eigenvalue weighted by Gasteiger charge is 2.26. The topological polar surface area (TPSA) is 34.1 Å². The molecule has 0 amide bonds. The molecule has 0 saturated heterocycles. The van der Waals surface area contributed by atoms with Crippen molar-refractivity contribution >= 4 is 11.5 Å². The van der Waals surface area contributed by atoms with E-state index in [1.165, 1.54) is 24.1 Å². The molecule has 2 rings (SSSR count). The van der Waals surface area contributed by atoms with Gasteiger partial charge in [0.15, 0.2) is 0 Å². The summed E-state index contributed by atoms with van der Waals surface area (Å²) >= 11 is 1.58. The summed E-state index contributed by atoms with van der Waals surface area (Å²) in [6.07, 6.45) is 3.79. The van der Waals surface area contributed by atoms with Crippen LogP contribution in [0, 0.1) is 0 Å². The molecule has 1 aromatic rings. The average Bonchev–Trinajstić information content (AvgIpc) is 2.86. The number of ether oxygens (including phenoxy) is 1. The zero-order valence-corrected chi connectivity index (χ0v) is 9.43. The molecule has 1 N–H and O–H groups in total. The summed E-state index contributed by atoms with van der Waals surface area (Å²) in [6, 6.07) is 2.76. The van der Waals surface area contributed by atoms with Crippen molar-refractivity contribution in [3.63, 3.8) is 0 Å². The Morgan fingerprint density at radius 1 is 1.57 bits per heavy atom. The summed E-state index contributed by atoms with van der Waals surface area (Å²) in [5.74, 6) is 1.45. The van der Waals surface area contributed by atoms with Crippen LogP contribution in [0.3, 0.4) is 0 Å². The molecule has 14 heavy (non-hydrogen) atoms. The van der Waals surface area contributed by atoms with Crippen LogP contribution in [0.15, 0.2) is 6.07 Å². The van der Waals surface area contributed by atoms with E-state index in [1.54, 1.807) is 18.6 Å². The zero-order valence-electron chi connectivity index (χ0n) is 8.62. The van der Waals surface area contributed by atoms with Crippen molar-refractivity contribution in [3.8, 4) is 5.88 Å². The van der Waals surface area contributed by atoms with E-state index in [0.717, 1.165) is 5.88 Å². The Balaban J connectivity index is 2.02. The van der Waals surface area contributed by atoms with E-state index >= 15 is 0 Å². The van der Waals surface area contributed by atoms with Gasteiger partial charge in [0.1, 0.15) is 0 Å². The molecule has 1 aromatic heterocycles. The standard InChI is InChI=1S/C10H16N2OS/c1-11-8-4-3-7(5-8)9-6-10(13-2)12-14-9/h6-8,11H,3-5H2,1-2H3. The fourth-order valence-electron chi connectivity index (χ4n) is 2.06. The lowest BCUT2D eigenvalue weighted by Crippen LogP contribution is -2.20. The quantitative estimate of drug-likeness (QED) is 0.832. The molecule has 0 radical (unpaired) electrons. The van der Waals surface area contributed by atoms with Crippen LogP contribution in [0.4, 0.5) is 0 Å². The van der Waals surface area contributed by atoms with Crippen LogP contribution in [-0.4, -0.2) is 24.6 Å². The smallest absolute Gasteiger partial charge is 0.225 e. The van der Waals surface area contributed by atoms with Gasteiger partial charge in [0, 0.05) is 17.0 Å². The highest BCUT2D eigenvalue weighted by molar-refractivity contribution is 7.06. The Morgan fingerprint density at radius 2 is 2.43 bits per heavy atom. The van der Waals surface area contributed by atoms with Crippen LogP contribution in [0.1, 0.15) is 30.1 Å². The van der Waals surface area contributed by atoms with Crippen molar-refractivity contribution in [3.05, 3.63) is 10.9 Å². The van der Waals surface area contributed by atoms with E-state index in [1.807, 2.05) is 7.05 Å². The van der Waals surface area contributed by atoms with E-state index in [4.69, 9.17) is 4.74 Å². The van der Waals surface area contributed by atoms with E-state index in [-0.39, 0.29) is 0 Å². The monoisotopic (exact) mass is 212 g/mol. The van der Waals surface area contributed by atoms with Gasteiger partial charge in [0.2, 0.25) is 5.88 Å². The van der Waals surface area contributed by atoms with Crippen LogP contribution in [0.5, 0.6) is 5.88 Å². The van der Waals surface area contributed by atoms with E-state index in [0.29, 0.717) is 12.0 Å². The SMILES string of the molecule is CNC1CCC(c2cc(OC)ns2)C1. The van der Waals surface area contributed by atoms with Gasteiger partial charge in [-0.3, -0.25) is 0 Å². The Hall–Kier alpha value is -0.610. The lowest BCUT2D eigenvalue weighted by Gasteiger charge is -2.07. The van der Waals surface area contributed by atoms with Crippen LogP contribution in [-0.2, 0) is 0 Å². The molecule has 1 aliphatic carbocycles. The Bertz CT molecular complexity index is 300. The predicted molar refractivity (Wildman–Crippen MR) is 58.1 cm³/mol. The third-order valence-electron chi connectivity index (χ3n) is 2.96. The number of rotatable bonds is 3. The lowest BCUT2D eigenvalue weighted by atomic mass is 10.1. The fourth-order valence-corrected chi connectivity index (χ4v) is 2.90. The summed E-state index contributed by atoms with van der Waals surface area (Å²) in [4.78, 5) is 1.37. The first-order valence-electron chi connectivity index (χ1n) is 5.01. The van der Waals surface area contributed by atoms with Crippen molar-refractivity contribution < 1.29 is 4.74 Å². The minimum Gasteiger partial charge on any atom is -0.480 e. The number of methoxy groups -OCH3 is 1. The van der Waals surface area contributed by atoms with Gasteiger partial charge in [0.05, 0.1) is 7.11 Å². The molecule has 2 unspecified atom stereocenters. The summed E-state index contributed by atoms with van der Waals surface area (Å²) in [5, 5.41) is 3.34. The first-order chi connectivity index (χ1) is 6.83. The normalized spacial score (nSPS) is 26.7. The maximum atomic E-state index is 5.09. The third-order valence-corrected chi connectivity index (χ3v) is 3.89. The first-order valence-corrected chi connectivity index (χ1v) is 5.78. The van der Waals surface area contributed by atoms with Crippen molar-refractivity contribution in [2.75, 3.05) is 14.2 Å². The van der Waals surface area contributed by atoms with Gasteiger partial charge in [-0.15, -0.1) is 0 Å². The summed E-state index contributed by atoms with van der Waals surface area (Å²) < 4.78 is 9.32. The Morgan fingerprint density at radius 3 is 3.00 bits per heavy atom. The van der Waals surface area contributed by atoms with Gasteiger partial charge < -0.3 is 10.1 Å². The summed E-state index contributed by atoms with van der Waals surface area (Å²) in [5.41, 5.74) is 0. The second-order valence-corrected chi connectivity index (χ2v) is 4.60. The largest absolute Gasteiger partial charge is 0.480 e. The molecule has 0 aromatic carbocycles. The van der Waals surface area contributed by atoms with Crippen LogP contribution >= 0.6 is 11.5 Å². The van der Waals surface area contributed by atoms with Crippen LogP contribution in [0.2, 0.25) is 0 Å². The molecule has 0 aliphatic heterocycles. The summed E-state index contributed by atoms with van der Waals surface area (Å²) in [7, 11) is 3.71. The number of hydrogen-bond donors (Lipinski definition) is 1. The number of nitrogens with zero attached hydrogens (tertiary/aromatic N) is 1. The second kappa shape index (κ2) is 4.28. The summed E-state index contributed by atoms with van der Waals surface area (Å²) in [6.45, 7) is 0. The first kappa shape index (κ1) is 9.93. The molecule has 1 saturated carbocycles. The second-order valence-electron chi connectivity index (χ2n) is 3.77. The Kier molecular flexibility index (Phi) is 3.03. The highest BCUT2D eigenvalue weighted by atomic mass is 32.1. The maximum Gasteiger partial charge on any atom is 0.225 e. The number of nitrogens with one attached hydrogen (secondary N) is 1. The van der Waals surface area contributed by atoms with Gasteiger partial charge in [-0.25, -0.2) is 0 Å². The van der Waals surface area contributed by atoms with Crippen molar-refractivity contribution in [2.24, 2.45) is 0 Å². The van der Waals surface area contributed by atoms with E-state index < -0.39 is 0 Å². The molecule has 3 nitrogen and oxygen atoms in total. The molecular weight excluding hydrogens is 196 g/mol. The van der Waals surface area contributed by atoms with Gasteiger partial charge in [0.25, 0.3) is 0 Å². The molecule has 2 atom stereocenters. The predicted octanol–water partition coefficient (Wildman–Crippen LogP) is 2.01. The zero-order chi connectivity index (χ0) is 9.97. The Labute approximate surface area is 88.6 Å². The molecule has 1 heterocycles. The fraction of sp³-hybridized carbons (Fsp3) is 0.700. The third kappa shape index (κ3) is 1.91. The molecule has 78 valence electrons. The minimum atomic E-state index is 0.688. The molecule has 1 aliphatic rings. The maximum absolute atomic E-state index is 5.09. The van der Waals surface area contributed by atoms with Crippen molar-refractivity contribution in [1.29, 1.82) is 0 Å². The van der Waals surface area contributed by atoms with Gasteiger partial charge in [-0.2, -0.15) is 4.37 Å². The molecule has 0 spiro atoms. The number of hydrogen-bond acceptors (Lipinski definition) is 4. The van der Waals surface area contributed by atoms with Crippen molar-refractivity contribution in [2.45, 2.75) is 31.2 Å². The van der Waals surface area contributed by atoms with Gasteiger partial charge in [-0.1, -0.05) is 0 Å². The molecule has 4 heteroatoms. The van der Waals surface area contributed by atoms with E-state index in [9.17, 15) is 0 Å². The highest BCUT2D eigenvalue weighted by Crippen LogP contribution is 2.37. The minimum absolute atomic E-state index is 0.688. The molecular formula is C10H16N2OS. The average molecular weight is 212 g/mol. The van der Waals surface area contributed by atoms with Crippen molar-refractivity contribution in [1.82, 2.24) is 9.69 Å². The van der Waals surface area contributed by atoms with Gasteiger partial charge in [-0.05, 0) is 43.8 Å².